The number of hydrogen-bond donors (Lipinski definition) is 2. The lowest BCUT2D eigenvalue weighted by molar-refractivity contribution is 0.543. The Kier molecular flexibility index (Phi) is 4.37. The molecule has 0 aliphatic rings. The summed E-state index contributed by atoms with van der Waals surface area (Å²) in [5.41, 5.74) is 5.60. The van der Waals surface area contributed by atoms with Gasteiger partial charge in [0, 0.05) is 10.8 Å². The standard InChI is InChI=1S/C8H19NS/c1-7(9)5-4-6-8(2,3)10/h7,10H,4-6,9H2,1-3H3. The SMILES string of the molecule is CC(N)CCCC(C)(C)S. The molecule has 0 aromatic carbocycles. The third-order valence-corrected chi connectivity index (χ3v) is 1.67. The van der Waals surface area contributed by atoms with E-state index in [1.807, 2.05) is 6.92 Å². The zero-order chi connectivity index (χ0) is 8.20. The Morgan fingerprint density at radius 1 is 1.50 bits per heavy atom. The van der Waals surface area contributed by atoms with E-state index < -0.39 is 0 Å². The molecule has 0 aromatic rings. The second-order valence-corrected chi connectivity index (χ2v) is 4.89. The topological polar surface area (TPSA) is 26.0 Å². The van der Waals surface area contributed by atoms with Crippen LogP contribution in [0.3, 0.4) is 0 Å². The Morgan fingerprint density at radius 2 is 2.00 bits per heavy atom. The van der Waals surface area contributed by atoms with Crippen molar-refractivity contribution >= 4 is 12.6 Å². The summed E-state index contributed by atoms with van der Waals surface area (Å²) in [5.74, 6) is 0. The Bertz CT molecular complexity index is 83.7. The predicted octanol–water partition coefficient (Wildman–Crippen LogP) is 2.21. The molecule has 2 heteroatoms. The van der Waals surface area contributed by atoms with E-state index in [-0.39, 0.29) is 4.75 Å². The second kappa shape index (κ2) is 4.24. The largest absolute Gasteiger partial charge is 0.328 e. The van der Waals surface area contributed by atoms with Gasteiger partial charge in [-0.3, -0.25) is 0 Å². The predicted molar refractivity (Wildman–Crippen MR) is 50.6 cm³/mol. The molecule has 62 valence electrons. The fourth-order valence-electron chi connectivity index (χ4n) is 0.857. The highest BCUT2D eigenvalue weighted by atomic mass is 32.1. The third-order valence-electron chi connectivity index (χ3n) is 1.45. The van der Waals surface area contributed by atoms with Crippen molar-refractivity contribution in [2.24, 2.45) is 5.73 Å². The highest BCUT2D eigenvalue weighted by Gasteiger charge is 2.10. The van der Waals surface area contributed by atoms with Crippen molar-refractivity contribution in [1.29, 1.82) is 0 Å². The van der Waals surface area contributed by atoms with Crippen molar-refractivity contribution in [2.45, 2.75) is 50.8 Å². The van der Waals surface area contributed by atoms with E-state index in [4.69, 9.17) is 5.73 Å². The Morgan fingerprint density at radius 3 is 2.30 bits per heavy atom. The molecule has 1 atom stereocenters. The molecule has 0 radical (unpaired) electrons. The number of nitrogens with two attached hydrogens (primary N) is 1. The maximum absolute atomic E-state index is 5.60. The first-order valence-electron chi connectivity index (χ1n) is 3.90. The fraction of sp³-hybridized carbons (Fsp3) is 1.00. The first-order chi connectivity index (χ1) is 4.42. The maximum Gasteiger partial charge on any atom is 0.00731 e. The molecule has 0 heterocycles. The van der Waals surface area contributed by atoms with Crippen LogP contribution < -0.4 is 5.73 Å². The average molecular weight is 161 g/mol. The number of hydrogen-bond acceptors (Lipinski definition) is 2. The van der Waals surface area contributed by atoms with Gasteiger partial charge in [-0.1, -0.05) is 20.3 Å². The lowest BCUT2D eigenvalue weighted by Crippen LogP contribution is -2.17. The zero-order valence-electron chi connectivity index (χ0n) is 7.22. The van der Waals surface area contributed by atoms with Crippen molar-refractivity contribution < 1.29 is 0 Å². The van der Waals surface area contributed by atoms with Gasteiger partial charge < -0.3 is 5.73 Å². The summed E-state index contributed by atoms with van der Waals surface area (Å²) in [6.07, 6.45) is 3.45. The molecule has 0 bridgehead atoms. The van der Waals surface area contributed by atoms with Crippen LogP contribution in [0.1, 0.15) is 40.0 Å². The summed E-state index contributed by atoms with van der Waals surface area (Å²) in [4.78, 5) is 0. The van der Waals surface area contributed by atoms with Crippen molar-refractivity contribution in [3.8, 4) is 0 Å². The summed E-state index contributed by atoms with van der Waals surface area (Å²) in [6.45, 7) is 6.32. The minimum atomic E-state index is 0.175. The molecule has 0 aromatic heterocycles. The van der Waals surface area contributed by atoms with Crippen LogP contribution in [0, 0.1) is 0 Å². The van der Waals surface area contributed by atoms with Crippen molar-refractivity contribution in [2.75, 3.05) is 0 Å². The van der Waals surface area contributed by atoms with Gasteiger partial charge in [0.2, 0.25) is 0 Å². The van der Waals surface area contributed by atoms with Crippen LogP contribution in [-0.2, 0) is 0 Å². The van der Waals surface area contributed by atoms with Crippen LogP contribution in [0.2, 0.25) is 0 Å². The Hall–Kier alpha value is 0.310. The molecule has 1 nitrogen and oxygen atoms in total. The monoisotopic (exact) mass is 161 g/mol. The smallest absolute Gasteiger partial charge is 0.00731 e. The summed E-state index contributed by atoms with van der Waals surface area (Å²) < 4.78 is 0.175. The first kappa shape index (κ1) is 10.3. The molecule has 0 aliphatic heterocycles. The van der Waals surface area contributed by atoms with E-state index in [0.29, 0.717) is 6.04 Å². The molecule has 0 spiro atoms. The van der Waals surface area contributed by atoms with Gasteiger partial charge in [0.15, 0.2) is 0 Å². The molecule has 0 aliphatic carbocycles. The highest BCUT2D eigenvalue weighted by Crippen LogP contribution is 2.19. The highest BCUT2D eigenvalue weighted by molar-refractivity contribution is 7.81. The molecule has 10 heavy (non-hydrogen) atoms. The average Bonchev–Trinajstić information content (AvgIpc) is 1.59. The van der Waals surface area contributed by atoms with E-state index in [1.165, 1.54) is 6.42 Å². The molecular formula is C8H19NS. The lowest BCUT2D eigenvalue weighted by atomic mass is 10.0. The van der Waals surface area contributed by atoms with Crippen LogP contribution in [0.25, 0.3) is 0 Å². The number of thiol groups is 1. The van der Waals surface area contributed by atoms with Crippen LogP contribution in [0.5, 0.6) is 0 Å². The number of rotatable bonds is 4. The van der Waals surface area contributed by atoms with Gasteiger partial charge in [0.05, 0.1) is 0 Å². The molecular weight excluding hydrogens is 142 g/mol. The molecule has 1 unspecified atom stereocenters. The van der Waals surface area contributed by atoms with Gasteiger partial charge in [-0.15, -0.1) is 0 Å². The summed E-state index contributed by atoms with van der Waals surface area (Å²) in [6, 6.07) is 0.343. The minimum Gasteiger partial charge on any atom is -0.328 e. The van der Waals surface area contributed by atoms with Crippen LogP contribution in [-0.4, -0.2) is 10.8 Å². The van der Waals surface area contributed by atoms with Crippen molar-refractivity contribution in [1.82, 2.24) is 0 Å². The van der Waals surface area contributed by atoms with Gasteiger partial charge in [0.25, 0.3) is 0 Å². The second-order valence-electron chi connectivity index (χ2n) is 3.68. The molecule has 0 saturated carbocycles. The van der Waals surface area contributed by atoms with E-state index in [1.54, 1.807) is 0 Å². The van der Waals surface area contributed by atoms with E-state index in [0.717, 1.165) is 12.8 Å². The van der Waals surface area contributed by atoms with E-state index in [9.17, 15) is 0 Å². The summed E-state index contributed by atoms with van der Waals surface area (Å²) >= 11 is 4.42. The molecule has 0 fully saturated rings. The van der Waals surface area contributed by atoms with Gasteiger partial charge in [0.1, 0.15) is 0 Å². The first-order valence-corrected chi connectivity index (χ1v) is 4.34. The van der Waals surface area contributed by atoms with Gasteiger partial charge >= 0.3 is 0 Å². The summed E-state index contributed by atoms with van der Waals surface area (Å²) in [7, 11) is 0. The van der Waals surface area contributed by atoms with Crippen LogP contribution in [0.4, 0.5) is 0 Å². The van der Waals surface area contributed by atoms with Gasteiger partial charge in [-0.05, 0) is 19.8 Å². The normalized spacial score (nSPS) is 15.3. The van der Waals surface area contributed by atoms with Crippen molar-refractivity contribution in [3.63, 3.8) is 0 Å². The van der Waals surface area contributed by atoms with Crippen LogP contribution in [0.15, 0.2) is 0 Å². The maximum atomic E-state index is 5.60. The summed E-state index contributed by atoms with van der Waals surface area (Å²) in [5, 5.41) is 0. The van der Waals surface area contributed by atoms with Crippen molar-refractivity contribution in [3.05, 3.63) is 0 Å². The Labute approximate surface area is 69.8 Å². The van der Waals surface area contributed by atoms with Gasteiger partial charge in [-0.2, -0.15) is 12.6 Å². The quantitative estimate of drug-likeness (QED) is 0.607. The third kappa shape index (κ3) is 8.31. The van der Waals surface area contributed by atoms with E-state index >= 15 is 0 Å². The Balaban J connectivity index is 3.21. The zero-order valence-corrected chi connectivity index (χ0v) is 8.12. The molecule has 0 rings (SSSR count). The van der Waals surface area contributed by atoms with E-state index in [2.05, 4.69) is 26.5 Å². The minimum absolute atomic E-state index is 0.175. The molecule has 2 N–H and O–H groups in total. The molecule has 0 amide bonds. The fourth-order valence-corrected chi connectivity index (χ4v) is 1.01. The van der Waals surface area contributed by atoms with Crippen LogP contribution >= 0.6 is 12.6 Å². The van der Waals surface area contributed by atoms with Gasteiger partial charge in [-0.25, -0.2) is 0 Å². The lowest BCUT2D eigenvalue weighted by Gasteiger charge is -2.17. The molecule has 0 saturated heterocycles.